The van der Waals surface area contributed by atoms with E-state index in [0.29, 0.717) is 0 Å². The van der Waals surface area contributed by atoms with Crippen LogP contribution in [0, 0.1) is 12.3 Å². The molecule has 24 heavy (non-hydrogen) atoms. The third kappa shape index (κ3) is 4.45. The van der Waals surface area contributed by atoms with E-state index in [2.05, 4.69) is 5.92 Å². The topological polar surface area (TPSA) is 114 Å². The summed E-state index contributed by atoms with van der Waals surface area (Å²) in [5.74, 6) is -0.754. The lowest BCUT2D eigenvalue weighted by atomic mass is 9.95. The predicted molar refractivity (Wildman–Crippen MR) is 75.9 cm³/mol. The van der Waals surface area contributed by atoms with Crippen LogP contribution in [0.1, 0.15) is 27.7 Å². The van der Waals surface area contributed by atoms with Crippen molar-refractivity contribution in [3.05, 3.63) is 0 Å². The predicted octanol–water partition coefficient (Wildman–Crippen LogP) is -0.296. The van der Waals surface area contributed by atoms with E-state index in [9.17, 15) is 19.2 Å². The summed E-state index contributed by atoms with van der Waals surface area (Å²) in [5, 5.41) is 0. The summed E-state index contributed by atoms with van der Waals surface area (Å²) in [5.41, 5.74) is -2.01. The fraction of sp³-hybridized carbons (Fsp3) is 0.600. The molecule has 0 spiro atoms. The number of hydrogen-bond acceptors (Lipinski definition) is 9. The second-order valence-corrected chi connectivity index (χ2v) is 4.98. The first-order valence-corrected chi connectivity index (χ1v) is 6.93. The number of carbonyl (C=O) groups excluding carboxylic acids is 4. The molecule has 0 bridgehead atoms. The Bertz CT molecular complexity index is 576. The van der Waals surface area contributed by atoms with E-state index in [0.717, 1.165) is 20.8 Å². The van der Waals surface area contributed by atoms with Crippen LogP contribution in [0.3, 0.4) is 0 Å². The second kappa shape index (κ2) is 7.79. The van der Waals surface area contributed by atoms with Crippen molar-refractivity contribution in [2.24, 2.45) is 0 Å². The van der Waals surface area contributed by atoms with Gasteiger partial charge in [-0.3, -0.25) is 19.2 Å². The minimum Gasteiger partial charge on any atom is -0.463 e. The zero-order valence-corrected chi connectivity index (χ0v) is 13.7. The van der Waals surface area contributed by atoms with Crippen LogP contribution in [0.4, 0.5) is 0 Å². The molecule has 0 aromatic heterocycles. The Labute approximate surface area is 138 Å². The summed E-state index contributed by atoms with van der Waals surface area (Å²) in [6, 6.07) is 0. The van der Waals surface area contributed by atoms with Crippen molar-refractivity contribution in [1.82, 2.24) is 0 Å². The lowest BCUT2D eigenvalue weighted by Crippen LogP contribution is -2.53. The molecule has 1 rings (SSSR count). The molecule has 1 unspecified atom stereocenters. The normalized spacial score (nSPS) is 28.4. The second-order valence-electron chi connectivity index (χ2n) is 4.98. The zero-order valence-electron chi connectivity index (χ0n) is 13.7. The van der Waals surface area contributed by atoms with Gasteiger partial charge in [0.1, 0.15) is 12.7 Å². The van der Waals surface area contributed by atoms with Gasteiger partial charge in [0.25, 0.3) is 11.9 Å². The van der Waals surface area contributed by atoms with Crippen LogP contribution in [0.2, 0.25) is 0 Å². The van der Waals surface area contributed by atoms with Crippen molar-refractivity contribution in [2.45, 2.75) is 51.8 Å². The SMILES string of the molecule is C#C[C@]1(OC(C)=O)C(OC(C)=O)O[C@H](COC(C)=O)[C@H]1OC(C)=O. The summed E-state index contributed by atoms with van der Waals surface area (Å²) in [6.45, 7) is 4.10. The summed E-state index contributed by atoms with van der Waals surface area (Å²) >= 11 is 0. The molecule has 9 nitrogen and oxygen atoms in total. The van der Waals surface area contributed by atoms with Gasteiger partial charge in [-0.2, -0.15) is 0 Å². The molecule has 0 saturated carbocycles. The van der Waals surface area contributed by atoms with Gasteiger partial charge in [-0.15, -0.1) is 6.42 Å². The number of hydrogen-bond donors (Lipinski definition) is 0. The molecule has 0 radical (unpaired) electrons. The van der Waals surface area contributed by atoms with Crippen LogP contribution in [-0.4, -0.2) is 54.6 Å². The maximum absolute atomic E-state index is 11.5. The molecule has 1 heterocycles. The summed E-state index contributed by atoms with van der Waals surface area (Å²) in [6.07, 6.45) is 1.50. The fourth-order valence-electron chi connectivity index (χ4n) is 2.20. The Morgan fingerprint density at radius 2 is 1.58 bits per heavy atom. The molecule has 0 aromatic carbocycles. The van der Waals surface area contributed by atoms with Crippen molar-refractivity contribution in [1.29, 1.82) is 0 Å². The highest BCUT2D eigenvalue weighted by Crippen LogP contribution is 2.37. The molecule has 132 valence electrons. The largest absolute Gasteiger partial charge is 0.463 e. The third-order valence-electron chi connectivity index (χ3n) is 2.96. The molecule has 0 amide bonds. The standard InChI is InChI=1S/C15H18O9/c1-6-15(24-11(5)19)13(21-9(3)17)12(7-20-8(2)16)23-14(15)22-10(4)18/h1,12-14H,7H2,2-5H3/t12-,13-,14?,15-/m1/s1. The summed E-state index contributed by atoms with van der Waals surface area (Å²) in [4.78, 5) is 45.1. The van der Waals surface area contributed by atoms with E-state index in [1.807, 2.05) is 0 Å². The molecule has 0 aromatic rings. The first-order valence-electron chi connectivity index (χ1n) is 6.93. The maximum Gasteiger partial charge on any atom is 0.305 e. The minimum atomic E-state index is -2.01. The van der Waals surface area contributed by atoms with Crippen molar-refractivity contribution in [3.8, 4) is 12.3 Å². The van der Waals surface area contributed by atoms with Gasteiger partial charge in [0.15, 0.2) is 6.10 Å². The smallest absolute Gasteiger partial charge is 0.305 e. The lowest BCUT2D eigenvalue weighted by molar-refractivity contribution is -0.210. The zero-order chi connectivity index (χ0) is 18.5. The molecular weight excluding hydrogens is 324 g/mol. The van der Waals surface area contributed by atoms with E-state index in [4.69, 9.17) is 30.1 Å². The minimum absolute atomic E-state index is 0.351. The molecule has 0 aliphatic carbocycles. The fourth-order valence-corrected chi connectivity index (χ4v) is 2.20. The summed E-state index contributed by atoms with van der Waals surface area (Å²) < 4.78 is 25.4. The maximum atomic E-state index is 11.5. The van der Waals surface area contributed by atoms with Gasteiger partial charge >= 0.3 is 23.9 Å². The van der Waals surface area contributed by atoms with Crippen LogP contribution in [0.15, 0.2) is 0 Å². The van der Waals surface area contributed by atoms with Gasteiger partial charge in [0.2, 0.25) is 0 Å². The van der Waals surface area contributed by atoms with Gasteiger partial charge < -0.3 is 23.7 Å². The van der Waals surface area contributed by atoms with Gasteiger partial charge in [0.05, 0.1) is 0 Å². The number of rotatable bonds is 5. The number of ether oxygens (including phenoxy) is 5. The molecule has 0 N–H and O–H groups in total. The molecule has 1 fully saturated rings. The highest BCUT2D eigenvalue weighted by Gasteiger charge is 2.63. The Kier molecular flexibility index (Phi) is 6.31. The van der Waals surface area contributed by atoms with Crippen LogP contribution in [0.25, 0.3) is 0 Å². The Hall–Kier alpha value is -2.60. The van der Waals surface area contributed by atoms with Gasteiger partial charge in [0, 0.05) is 27.7 Å². The molecular formula is C15H18O9. The van der Waals surface area contributed by atoms with Crippen LogP contribution in [0.5, 0.6) is 0 Å². The Morgan fingerprint density at radius 1 is 1.00 bits per heavy atom. The van der Waals surface area contributed by atoms with Gasteiger partial charge in [-0.1, -0.05) is 0 Å². The first kappa shape index (κ1) is 19.4. The van der Waals surface area contributed by atoms with Crippen LogP contribution >= 0.6 is 0 Å². The monoisotopic (exact) mass is 342 g/mol. The van der Waals surface area contributed by atoms with Crippen molar-refractivity contribution in [3.63, 3.8) is 0 Å². The molecule has 4 atom stereocenters. The number of terminal acetylenes is 1. The van der Waals surface area contributed by atoms with Crippen LogP contribution < -0.4 is 0 Å². The van der Waals surface area contributed by atoms with E-state index in [1.165, 1.54) is 6.92 Å². The molecule has 1 saturated heterocycles. The van der Waals surface area contributed by atoms with E-state index in [-0.39, 0.29) is 6.61 Å². The van der Waals surface area contributed by atoms with Crippen molar-refractivity contribution >= 4 is 23.9 Å². The lowest BCUT2D eigenvalue weighted by Gasteiger charge is -2.31. The van der Waals surface area contributed by atoms with Gasteiger partial charge in [-0.25, -0.2) is 0 Å². The quantitative estimate of drug-likeness (QED) is 0.377. The Balaban J connectivity index is 3.26. The van der Waals surface area contributed by atoms with E-state index >= 15 is 0 Å². The average molecular weight is 342 g/mol. The van der Waals surface area contributed by atoms with Gasteiger partial charge in [-0.05, 0) is 5.92 Å². The molecule has 1 aliphatic rings. The number of carbonyl (C=O) groups is 4. The molecule has 1 aliphatic heterocycles. The van der Waals surface area contributed by atoms with E-state index in [1.54, 1.807) is 0 Å². The summed E-state index contributed by atoms with van der Waals surface area (Å²) in [7, 11) is 0. The number of esters is 4. The molecule has 9 heteroatoms. The highest BCUT2D eigenvalue weighted by atomic mass is 16.8. The first-order chi connectivity index (χ1) is 11.1. The van der Waals surface area contributed by atoms with Crippen molar-refractivity contribution < 1.29 is 42.9 Å². The average Bonchev–Trinajstić information content (AvgIpc) is 2.69. The third-order valence-corrected chi connectivity index (χ3v) is 2.96. The van der Waals surface area contributed by atoms with Crippen LogP contribution in [-0.2, 0) is 42.9 Å². The highest BCUT2D eigenvalue weighted by molar-refractivity contribution is 5.70. The van der Waals surface area contributed by atoms with Crippen molar-refractivity contribution in [2.75, 3.05) is 6.61 Å². The Morgan fingerprint density at radius 3 is 2.00 bits per heavy atom. The van der Waals surface area contributed by atoms with E-state index < -0.39 is 48.0 Å².